The van der Waals surface area contributed by atoms with Crippen LogP contribution in [0.1, 0.15) is 47.5 Å². The molecule has 0 radical (unpaired) electrons. The van der Waals surface area contributed by atoms with Crippen LogP contribution in [0.4, 0.5) is 11.4 Å². The number of amides is 2. The molecule has 0 saturated carbocycles. The van der Waals surface area contributed by atoms with E-state index in [0.29, 0.717) is 35.7 Å². The Labute approximate surface area is 148 Å². The molecule has 0 unspecified atom stereocenters. The topological polar surface area (TPSA) is 88.3 Å². The Morgan fingerprint density at radius 3 is 2.32 bits per heavy atom. The molecule has 6 heteroatoms. The third-order valence-corrected chi connectivity index (χ3v) is 3.73. The van der Waals surface area contributed by atoms with E-state index in [9.17, 15) is 9.59 Å². The van der Waals surface area contributed by atoms with Crippen molar-refractivity contribution >= 4 is 23.2 Å². The minimum absolute atomic E-state index is 0.108. The van der Waals surface area contributed by atoms with E-state index in [-0.39, 0.29) is 11.8 Å². The summed E-state index contributed by atoms with van der Waals surface area (Å²) >= 11 is 0. The molecule has 0 aliphatic carbocycles. The van der Waals surface area contributed by atoms with Gasteiger partial charge < -0.3 is 16.0 Å². The smallest absolute Gasteiger partial charge is 0.272 e. The molecule has 2 rings (SSSR count). The second kappa shape index (κ2) is 8.82. The highest BCUT2D eigenvalue weighted by molar-refractivity contribution is 6.05. The maximum Gasteiger partial charge on any atom is 0.272 e. The molecule has 1 aromatic heterocycles. The van der Waals surface area contributed by atoms with E-state index in [4.69, 9.17) is 5.73 Å². The number of hydrogen-bond donors (Lipinski definition) is 2. The predicted molar refractivity (Wildman–Crippen MR) is 99.5 cm³/mol. The molecule has 0 aliphatic heterocycles. The Morgan fingerprint density at radius 2 is 1.76 bits per heavy atom. The highest BCUT2D eigenvalue weighted by atomic mass is 16.2. The van der Waals surface area contributed by atoms with Crippen LogP contribution in [0.3, 0.4) is 0 Å². The van der Waals surface area contributed by atoms with Crippen molar-refractivity contribution in [1.29, 1.82) is 0 Å². The normalized spacial score (nSPS) is 10.3. The second-order valence-corrected chi connectivity index (χ2v) is 5.77. The van der Waals surface area contributed by atoms with Gasteiger partial charge >= 0.3 is 0 Å². The van der Waals surface area contributed by atoms with Crippen LogP contribution in [0.2, 0.25) is 0 Å². The van der Waals surface area contributed by atoms with E-state index in [1.807, 2.05) is 13.8 Å². The number of hydrogen-bond acceptors (Lipinski definition) is 4. The Bertz CT molecular complexity index is 722. The SMILES string of the molecule is CCCN(CCC)C(=O)c1ccc(C(=O)Nc2ccccc2N)cn1. The highest BCUT2D eigenvalue weighted by Gasteiger charge is 2.16. The van der Waals surface area contributed by atoms with Gasteiger partial charge in [0.25, 0.3) is 11.8 Å². The zero-order chi connectivity index (χ0) is 18.2. The lowest BCUT2D eigenvalue weighted by atomic mass is 10.2. The summed E-state index contributed by atoms with van der Waals surface area (Å²) in [6.07, 6.45) is 3.20. The molecule has 25 heavy (non-hydrogen) atoms. The van der Waals surface area contributed by atoms with Crippen molar-refractivity contribution < 1.29 is 9.59 Å². The summed E-state index contributed by atoms with van der Waals surface area (Å²) in [5.41, 5.74) is 7.58. The molecule has 0 saturated heterocycles. The van der Waals surface area contributed by atoms with E-state index in [1.54, 1.807) is 41.3 Å². The summed E-state index contributed by atoms with van der Waals surface area (Å²) in [6.45, 7) is 5.46. The molecular formula is C19H24N4O2. The first-order valence-corrected chi connectivity index (χ1v) is 8.48. The lowest BCUT2D eigenvalue weighted by Crippen LogP contribution is -2.33. The quantitative estimate of drug-likeness (QED) is 0.758. The van der Waals surface area contributed by atoms with Crippen molar-refractivity contribution in [3.63, 3.8) is 0 Å². The number of nitrogens with two attached hydrogens (primary N) is 1. The average molecular weight is 340 g/mol. The molecule has 0 fully saturated rings. The van der Waals surface area contributed by atoms with Gasteiger partial charge in [-0.3, -0.25) is 14.6 Å². The van der Waals surface area contributed by atoms with Crippen LogP contribution in [0.5, 0.6) is 0 Å². The van der Waals surface area contributed by atoms with Crippen LogP contribution in [-0.4, -0.2) is 34.8 Å². The van der Waals surface area contributed by atoms with Gasteiger partial charge in [-0.2, -0.15) is 0 Å². The number of rotatable bonds is 7. The molecule has 6 nitrogen and oxygen atoms in total. The van der Waals surface area contributed by atoms with Crippen LogP contribution in [0.15, 0.2) is 42.6 Å². The van der Waals surface area contributed by atoms with E-state index in [0.717, 1.165) is 12.8 Å². The lowest BCUT2D eigenvalue weighted by molar-refractivity contribution is 0.0749. The summed E-state index contributed by atoms with van der Waals surface area (Å²) in [5, 5.41) is 2.74. The molecule has 3 N–H and O–H groups in total. The highest BCUT2D eigenvalue weighted by Crippen LogP contribution is 2.17. The van der Waals surface area contributed by atoms with Gasteiger partial charge in [-0.1, -0.05) is 26.0 Å². The number of anilines is 2. The predicted octanol–water partition coefficient (Wildman–Crippen LogP) is 3.18. The molecule has 0 aliphatic rings. The number of carbonyl (C=O) groups is 2. The average Bonchev–Trinajstić information content (AvgIpc) is 2.63. The van der Waals surface area contributed by atoms with Gasteiger partial charge in [-0.25, -0.2) is 0 Å². The number of pyridine rings is 1. The maximum atomic E-state index is 12.5. The number of benzene rings is 1. The molecule has 0 spiro atoms. The van der Waals surface area contributed by atoms with Crippen LogP contribution in [-0.2, 0) is 0 Å². The van der Waals surface area contributed by atoms with Crippen LogP contribution in [0.25, 0.3) is 0 Å². The molecule has 0 atom stereocenters. The number of nitrogens with one attached hydrogen (secondary N) is 1. The van der Waals surface area contributed by atoms with Gasteiger partial charge in [0, 0.05) is 19.3 Å². The fourth-order valence-electron chi connectivity index (χ4n) is 2.48. The van der Waals surface area contributed by atoms with Crippen LogP contribution >= 0.6 is 0 Å². The Morgan fingerprint density at radius 1 is 1.08 bits per heavy atom. The van der Waals surface area contributed by atoms with Crippen molar-refractivity contribution in [2.45, 2.75) is 26.7 Å². The van der Waals surface area contributed by atoms with Crippen LogP contribution < -0.4 is 11.1 Å². The molecule has 2 aromatic rings. The number of nitrogens with zero attached hydrogens (tertiary/aromatic N) is 2. The molecule has 0 bridgehead atoms. The van der Waals surface area contributed by atoms with Gasteiger partial charge in [-0.05, 0) is 37.1 Å². The molecule has 132 valence electrons. The molecule has 2 amide bonds. The summed E-state index contributed by atoms with van der Waals surface area (Å²) in [4.78, 5) is 30.7. The largest absolute Gasteiger partial charge is 0.397 e. The van der Waals surface area contributed by atoms with Crippen molar-refractivity contribution in [2.24, 2.45) is 0 Å². The zero-order valence-electron chi connectivity index (χ0n) is 14.7. The second-order valence-electron chi connectivity index (χ2n) is 5.77. The standard InChI is InChI=1S/C19H24N4O2/c1-3-11-23(12-4-2)19(25)17-10-9-14(13-21-17)18(24)22-16-8-6-5-7-15(16)20/h5-10,13H,3-4,11-12,20H2,1-2H3,(H,22,24). The van der Waals surface area contributed by atoms with Crippen molar-refractivity contribution in [2.75, 3.05) is 24.1 Å². The fourth-order valence-corrected chi connectivity index (χ4v) is 2.48. The fraction of sp³-hybridized carbons (Fsp3) is 0.316. The minimum Gasteiger partial charge on any atom is -0.397 e. The van der Waals surface area contributed by atoms with Gasteiger partial charge in [-0.15, -0.1) is 0 Å². The van der Waals surface area contributed by atoms with Crippen molar-refractivity contribution in [3.8, 4) is 0 Å². The summed E-state index contributed by atoms with van der Waals surface area (Å²) in [5.74, 6) is -0.425. The number of nitrogen functional groups attached to an aromatic ring is 1. The van der Waals surface area contributed by atoms with Crippen LogP contribution in [0, 0.1) is 0 Å². The molecule has 1 heterocycles. The first-order valence-electron chi connectivity index (χ1n) is 8.48. The lowest BCUT2D eigenvalue weighted by Gasteiger charge is -2.20. The van der Waals surface area contributed by atoms with Gasteiger partial charge in [0.15, 0.2) is 0 Å². The summed E-state index contributed by atoms with van der Waals surface area (Å²) in [7, 11) is 0. The molecular weight excluding hydrogens is 316 g/mol. The summed E-state index contributed by atoms with van der Waals surface area (Å²) < 4.78 is 0. The van der Waals surface area contributed by atoms with Crippen molar-refractivity contribution in [1.82, 2.24) is 9.88 Å². The number of aromatic nitrogens is 1. The Balaban J connectivity index is 2.09. The van der Waals surface area contributed by atoms with Gasteiger partial charge in [0.1, 0.15) is 5.69 Å². The minimum atomic E-state index is -0.316. The monoisotopic (exact) mass is 340 g/mol. The number of para-hydroxylation sites is 2. The Kier molecular flexibility index (Phi) is 6.51. The van der Waals surface area contributed by atoms with E-state index in [1.165, 1.54) is 6.20 Å². The van der Waals surface area contributed by atoms with Crippen molar-refractivity contribution in [3.05, 3.63) is 53.9 Å². The maximum absolute atomic E-state index is 12.5. The first-order chi connectivity index (χ1) is 12.1. The summed E-state index contributed by atoms with van der Waals surface area (Å²) in [6, 6.07) is 10.2. The first kappa shape index (κ1) is 18.4. The van der Waals surface area contributed by atoms with Gasteiger partial charge in [0.05, 0.1) is 16.9 Å². The van der Waals surface area contributed by atoms with E-state index in [2.05, 4.69) is 10.3 Å². The molecule has 1 aromatic carbocycles. The third kappa shape index (κ3) is 4.79. The Hall–Kier alpha value is -2.89. The third-order valence-electron chi connectivity index (χ3n) is 3.73. The number of carbonyl (C=O) groups excluding carboxylic acids is 2. The van der Waals surface area contributed by atoms with Gasteiger partial charge in [0.2, 0.25) is 0 Å². The van der Waals surface area contributed by atoms with E-state index < -0.39 is 0 Å². The zero-order valence-corrected chi connectivity index (χ0v) is 14.7. The van der Waals surface area contributed by atoms with E-state index >= 15 is 0 Å².